The first-order valence-corrected chi connectivity index (χ1v) is 10.1. The van der Waals surface area contributed by atoms with Gasteiger partial charge in [-0.25, -0.2) is 0 Å². The zero-order valence-corrected chi connectivity index (χ0v) is 14.5. The fourth-order valence-corrected chi connectivity index (χ4v) is 5.75. The Kier molecular flexibility index (Phi) is 4.52. The number of ether oxygens (including phenoxy) is 2. The van der Waals surface area contributed by atoms with E-state index in [9.17, 15) is 0 Å². The van der Waals surface area contributed by atoms with Gasteiger partial charge in [0, 0.05) is 5.92 Å². The maximum atomic E-state index is 6.15. The lowest BCUT2D eigenvalue weighted by Crippen LogP contribution is -2.58. The molecule has 5 fully saturated rings. The molecule has 0 radical (unpaired) electrons. The van der Waals surface area contributed by atoms with Crippen molar-refractivity contribution in [3.05, 3.63) is 0 Å². The minimum absolute atomic E-state index is 0.608. The van der Waals surface area contributed by atoms with Crippen LogP contribution in [0, 0.1) is 23.7 Å². The van der Waals surface area contributed by atoms with Gasteiger partial charge in [-0.3, -0.25) is 0 Å². The van der Waals surface area contributed by atoms with Crippen molar-refractivity contribution in [3.63, 3.8) is 0 Å². The normalized spacial score (nSPS) is 47.5. The summed E-state index contributed by atoms with van der Waals surface area (Å²) in [6.07, 6.45) is 16.4. The van der Waals surface area contributed by atoms with Gasteiger partial charge in [0.25, 0.3) is 0 Å². The Bertz CT molecular complexity index is 370. The quantitative estimate of drug-likeness (QED) is 0.620. The van der Waals surface area contributed by atoms with Crippen LogP contribution in [0.5, 0.6) is 0 Å². The van der Waals surface area contributed by atoms with E-state index in [1.54, 1.807) is 0 Å². The van der Waals surface area contributed by atoms with Crippen LogP contribution >= 0.6 is 0 Å². The SMILES string of the molecule is CCCC(C)CCCC1CC2OC(C1)C2C1CCC2OC2C1. The summed E-state index contributed by atoms with van der Waals surface area (Å²) in [5.74, 6) is 3.70. The Morgan fingerprint density at radius 3 is 2.41 bits per heavy atom. The Labute approximate surface area is 136 Å². The lowest BCUT2D eigenvalue weighted by molar-refractivity contribution is -0.246. The van der Waals surface area contributed by atoms with Crippen molar-refractivity contribution in [1.29, 1.82) is 0 Å². The van der Waals surface area contributed by atoms with Gasteiger partial charge in [0.1, 0.15) is 0 Å². The number of hydrogen-bond acceptors (Lipinski definition) is 2. The Balaban J connectivity index is 1.19. The fourth-order valence-electron chi connectivity index (χ4n) is 5.75. The molecule has 22 heavy (non-hydrogen) atoms. The molecule has 0 aromatic carbocycles. The summed E-state index contributed by atoms with van der Waals surface area (Å²) in [4.78, 5) is 0. The fraction of sp³-hybridized carbons (Fsp3) is 1.00. The zero-order valence-electron chi connectivity index (χ0n) is 14.5. The number of fused-ring (bicyclic) bond motifs is 3. The lowest BCUT2D eigenvalue weighted by Gasteiger charge is -2.55. The molecule has 3 heterocycles. The van der Waals surface area contributed by atoms with Crippen LogP contribution in [-0.4, -0.2) is 24.4 Å². The molecule has 6 unspecified atom stereocenters. The maximum Gasteiger partial charge on any atom is 0.0844 e. The average molecular weight is 306 g/mol. The van der Waals surface area contributed by atoms with Crippen LogP contribution in [0.4, 0.5) is 0 Å². The van der Waals surface area contributed by atoms with E-state index < -0.39 is 0 Å². The molecule has 0 aromatic rings. The van der Waals surface area contributed by atoms with Crippen molar-refractivity contribution >= 4 is 0 Å². The molecule has 3 aliphatic heterocycles. The maximum absolute atomic E-state index is 6.15. The molecular formula is C20H34O2. The molecular weight excluding hydrogens is 272 g/mol. The van der Waals surface area contributed by atoms with Crippen LogP contribution in [0.3, 0.4) is 0 Å². The summed E-state index contributed by atoms with van der Waals surface area (Å²) in [5, 5.41) is 0. The number of rotatable bonds is 7. The summed E-state index contributed by atoms with van der Waals surface area (Å²) in [7, 11) is 0. The molecule has 0 aromatic heterocycles. The largest absolute Gasteiger partial charge is 0.374 e. The molecule has 126 valence electrons. The second kappa shape index (κ2) is 6.43. The van der Waals surface area contributed by atoms with Gasteiger partial charge in [-0.15, -0.1) is 0 Å². The molecule has 0 N–H and O–H groups in total. The van der Waals surface area contributed by atoms with E-state index in [1.807, 2.05) is 0 Å². The van der Waals surface area contributed by atoms with E-state index in [2.05, 4.69) is 13.8 Å². The van der Waals surface area contributed by atoms with Gasteiger partial charge in [0.15, 0.2) is 0 Å². The van der Waals surface area contributed by atoms with Crippen LogP contribution in [0.1, 0.15) is 78.1 Å². The first-order chi connectivity index (χ1) is 10.7. The summed E-state index contributed by atoms with van der Waals surface area (Å²) in [5.41, 5.74) is 0. The molecule has 2 heteroatoms. The van der Waals surface area contributed by atoms with Crippen molar-refractivity contribution < 1.29 is 9.47 Å². The van der Waals surface area contributed by atoms with Crippen molar-refractivity contribution in [2.24, 2.45) is 23.7 Å². The summed E-state index contributed by atoms with van der Waals surface area (Å²) < 4.78 is 11.9. The van der Waals surface area contributed by atoms with E-state index in [0.717, 1.165) is 23.7 Å². The van der Waals surface area contributed by atoms with Crippen LogP contribution in [0.2, 0.25) is 0 Å². The highest BCUT2D eigenvalue weighted by Crippen LogP contribution is 2.53. The predicted octanol–water partition coefficient (Wildman–Crippen LogP) is 4.95. The highest BCUT2D eigenvalue weighted by Gasteiger charge is 2.55. The minimum Gasteiger partial charge on any atom is -0.374 e. The van der Waals surface area contributed by atoms with Crippen LogP contribution in [0.25, 0.3) is 0 Å². The van der Waals surface area contributed by atoms with Crippen molar-refractivity contribution in [2.45, 2.75) is 102 Å². The molecule has 2 saturated carbocycles. The Morgan fingerprint density at radius 2 is 1.68 bits per heavy atom. The molecule has 0 spiro atoms. The Morgan fingerprint density at radius 1 is 0.909 bits per heavy atom. The second-order valence-corrected chi connectivity index (χ2v) is 8.74. The molecule has 5 aliphatic rings. The topological polar surface area (TPSA) is 21.8 Å². The monoisotopic (exact) mass is 306 g/mol. The van der Waals surface area contributed by atoms with Crippen LogP contribution < -0.4 is 0 Å². The van der Waals surface area contributed by atoms with Crippen LogP contribution in [-0.2, 0) is 9.47 Å². The van der Waals surface area contributed by atoms with Crippen molar-refractivity contribution in [1.82, 2.24) is 0 Å². The molecule has 6 atom stereocenters. The van der Waals surface area contributed by atoms with Gasteiger partial charge < -0.3 is 9.47 Å². The zero-order chi connectivity index (χ0) is 15.1. The molecule has 2 bridgehead atoms. The van der Waals surface area contributed by atoms with E-state index in [0.29, 0.717) is 24.4 Å². The third kappa shape index (κ3) is 3.11. The lowest BCUT2D eigenvalue weighted by atomic mass is 9.63. The summed E-state index contributed by atoms with van der Waals surface area (Å²) >= 11 is 0. The third-order valence-electron chi connectivity index (χ3n) is 7.02. The van der Waals surface area contributed by atoms with Gasteiger partial charge in [0.2, 0.25) is 0 Å². The number of hydrogen-bond donors (Lipinski definition) is 0. The first kappa shape index (κ1) is 15.4. The van der Waals surface area contributed by atoms with Gasteiger partial charge in [-0.2, -0.15) is 0 Å². The van der Waals surface area contributed by atoms with Gasteiger partial charge in [-0.05, 0) is 49.9 Å². The summed E-state index contributed by atoms with van der Waals surface area (Å²) in [6, 6.07) is 0. The molecule has 5 rings (SSSR count). The van der Waals surface area contributed by atoms with Crippen molar-refractivity contribution in [3.8, 4) is 0 Å². The minimum atomic E-state index is 0.608. The Hall–Kier alpha value is -0.0800. The highest BCUT2D eigenvalue weighted by molar-refractivity contribution is 5.03. The molecule has 2 aliphatic carbocycles. The number of epoxide rings is 1. The van der Waals surface area contributed by atoms with E-state index in [-0.39, 0.29) is 0 Å². The van der Waals surface area contributed by atoms with Crippen LogP contribution in [0.15, 0.2) is 0 Å². The van der Waals surface area contributed by atoms with Gasteiger partial charge in [-0.1, -0.05) is 46.0 Å². The van der Waals surface area contributed by atoms with E-state index in [1.165, 1.54) is 64.2 Å². The molecule has 2 nitrogen and oxygen atoms in total. The molecule has 0 amide bonds. The smallest absolute Gasteiger partial charge is 0.0844 e. The van der Waals surface area contributed by atoms with Gasteiger partial charge in [0.05, 0.1) is 24.4 Å². The third-order valence-corrected chi connectivity index (χ3v) is 7.02. The summed E-state index contributed by atoms with van der Waals surface area (Å²) in [6.45, 7) is 4.74. The average Bonchev–Trinajstić information content (AvgIpc) is 3.26. The predicted molar refractivity (Wildman–Crippen MR) is 88.8 cm³/mol. The molecule has 3 saturated heterocycles. The van der Waals surface area contributed by atoms with Crippen molar-refractivity contribution in [2.75, 3.05) is 0 Å². The standard InChI is InChI=1S/C20H34O2/c1-3-5-13(2)6-4-7-14-10-18-20(19(11-14)22-18)15-8-9-16-17(12-15)21-16/h13-20H,3-12H2,1-2H3. The second-order valence-electron chi connectivity index (χ2n) is 8.74. The van der Waals surface area contributed by atoms with Gasteiger partial charge >= 0.3 is 0 Å². The highest BCUT2D eigenvalue weighted by atomic mass is 16.6. The first-order valence-electron chi connectivity index (χ1n) is 10.1. The van der Waals surface area contributed by atoms with E-state index in [4.69, 9.17) is 9.47 Å². The van der Waals surface area contributed by atoms with E-state index >= 15 is 0 Å².